The quantitative estimate of drug-likeness (QED) is 0.641. The van der Waals surface area contributed by atoms with Crippen molar-refractivity contribution in [2.24, 2.45) is 5.73 Å². The molecule has 2 aliphatic rings. The maximum Gasteiger partial charge on any atom is 0.0422 e. The van der Waals surface area contributed by atoms with Gasteiger partial charge in [0.25, 0.3) is 0 Å². The number of nitrogens with one attached hydrogen (secondary N) is 1. The summed E-state index contributed by atoms with van der Waals surface area (Å²) in [4.78, 5) is 0. The van der Waals surface area contributed by atoms with Crippen LogP contribution in [0.5, 0.6) is 0 Å². The standard InChI is InChI=1S/C26H34N2/c1-4-5-6-12-20(2)19-21-13-11-15-23-24(21)22(14-7-10-18-27)25(28-3)26(23)16-8-9-17-26/h4-7,10-15,25,28H,1,8-9,16-19,27H2,2-3H3/b6-5-,10-7-,20-12+,22-14-. The van der Waals surface area contributed by atoms with Crippen LogP contribution in [-0.2, 0) is 11.8 Å². The summed E-state index contributed by atoms with van der Waals surface area (Å²) in [6.07, 6.45) is 20.6. The van der Waals surface area contributed by atoms with Crippen LogP contribution >= 0.6 is 0 Å². The summed E-state index contributed by atoms with van der Waals surface area (Å²) in [7, 11) is 2.11. The molecule has 0 aromatic heterocycles. The van der Waals surface area contributed by atoms with E-state index in [0.29, 0.717) is 12.6 Å². The molecule has 0 aliphatic heterocycles. The summed E-state index contributed by atoms with van der Waals surface area (Å²) >= 11 is 0. The number of allylic oxidation sites excluding steroid dienone is 7. The summed E-state index contributed by atoms with van der Waals surface area (Å²) in [5, 5.41) is 3.67. The number of rotatable bonds is 7. The van der Waals surface area contributed by atoms with E-state index in [1.807, 2.05) is 18.2 Å². The lowest BCUT2D eigenvalue weighted by Gasteiger charge is -2.32. The molecule has 2 aliphatic carbocycles. The van der Waals surface area contributed by atoms with Crippen LogP contribution in [0.25, 0.3) is 5.57 Å². The van der Waals surface area contributed by atoms with E-state index in [0.717, 1.165) is 6.42 Å². The van der Waals surface area contributed by atoms with Gasteiger partial charge in [-0.2, -0.15) is 0 Å². The molecule has 0 bridgehead atoms. The highest BCUT2D eigenvalue weighted by Gasteiger charge is 2.50. The van der Waals surface area contributed by atoms with Crippen molar-refractivity contribution >= 4 is 5.57 Å². The molecule has 2 nitrogen and oxygen atoms in total. The lowest BCUT2D eigenvalue weighted by molar-refractivity contribution is 0.381. The van der Waals surface area contributed by atoms with E-state index in [1.165, 1.54) is 48.0 Å². The monoisotopic (exact) mass is 374 g/mol. The molecule has 0 saturated heterocycles. The van der Waals surface area contributed by atoms with Crippen molar-refractivity contribution in [1.29, 1.82) is 0 Å². The molecule has 0 amide bonds. The van der Waals surface area contributed by atoms with Gasteiger partial charge in [0.15, 0.2) is 0 Å². The topological polar surface area (TPSA) is 38.0 Å². The molecule has 1 saturated carbocycles. The molecule has 28 heavy (non-hydrogen) atoms. The lowest BCUT2D eigenvalue weighted by Crippen LogP contribution is -2.41. The average molecular weight is 375 g/mol. The van der Waals surface area contributed by atoms with E-state index in [4.69, 9.17) is 5.73 Å². The predicted molar refractivity (Wildman–Crippen MR) is 122 cm³/mol. The number of likely N-dealkylation sites (N-methyl/N-ethyl adjacent to an activating group) is 1. The SMILES string of the molecule is C=C/C=C\C=C(/C)Cc1cccc2c1/C(=C/C=C\CN)C(NC)C21CCCC1. The fraction of sp³-hybridized carbons (Fsp3) is 0.385. The Bertz CT molecular complexity index is 817. The highest BCUT2D eigenvalue weighted by molar-refractivity contribution is 5.83. The first-order chi connectivity index (χ1) is 13.7. The highest BCUT2D eigenvalue weighted by atomic mass is 14.9. The van der Waals surface area contributed by atoms with Crippen molar-refractivity contribution < 1.29 is 0 Å². The smallest absolute Gasteiger partial charge is 0.0422 e. The number of hydrogen-bond donors (Lipinski definition) is 2. The molecule has 3 rings (SSSR count). The van der Waals surface area contributed by atoms with Gasteiger partial charge in [0.2, 0.25) is 0 Å². The van der Waals surface area contributed by atoms with Gasteiger partial charge in [-0.1, -0.05) is 85.7 Å². The fourth-order valence-corrected chi connectivity index (χ4v) is 5.18. The first kappa shape index (κ1) is 20.6. The third-order valence-corrected chi connectivity index (χ3v) is 6.27. The van der Waals surface area contributed by atoms with Crippen LogP contribution in [0, 0.1) is 0 Å². The second-order valence-corrected chi connectivity index (χ2v) is 8.02. The average Bonchev–Trinajstić information content (AvgIpc) is 3.27. The minimum absolute atomic E-state index is 0.239. The van der Waals surface area contributed by atoms with E-state index < -0.39 is 0 Å². The van der Waals surface area contributed by atoms with Crippen molar-refractivity contribution in [1.82, 2.24) is 5.32 Å². The van der Waals surface area contributed by atoms with Gasteiger partial charge >= 0.3 is 0 Å². The van der Waals surface area contributed by atoms with Gasteiger partial charge < -0.3 is 11.1 Å². The van der Waals surface area contributed by atoms with Gasteiger partial charge in [-0.3, -0.25) is 0 Å². The van der Waals surface area contributed by atoms with E-state index in [1.54, 1.807) is 5.56 Å². The summed E-state index contributed by atoms with van der Waals surface area (Å²) < 4.78 is 0. The third-order valence-electron chi connectivity index (χ3n) is 6.27. The molecule has 1 spiro atoms. The summed E-state index contributed by atoms with van der Waals surface area (Å²) in [6.45, 7) is 6.53. The highest BCUT2D eigenvalue weighted by Crippen LogP contribution is 2.55. The molecule has 1 unspecified atom stereocenters. The zero-order valence-corrected chi connectivity index (χ0v) is 17.4. The second-order valence-electron chi connectivity index (χ2n) is 8.02. The van der Waals surface area contributed by atoms with Crippen LogP contribution < -0.4 is 11.1 Å². The Balaban J connectivity index is 2.10. The van der Waals surface area contributed by atoms with Gasteiger partial charge in [-0.05, 0) is 55.5 Å². The maximum absolute atomic E-state index is 5.69. The van der Waals surface area contributed by atoms with E-state index in [9.17, 15) is 0 Å². The first-order valence-electron chi connectivity index (χ1n) is 10.5. The minimum atomic E-state index is 0.239. The molecule has 2 heteroatoms. The second kappa shape index (κ2) is 9.36. The summed E-state index contributed by atoms with van der Waals surface area (Å²) in [6, 6.07) is 7.30. The summed E-state index contributed by atoms with van der Waals surface area (Å²) in [5.41, 5.74) is 13.1. The molecule has 0 radical (unpaired) electrons. The molecule has 1 fully saturated rings. The number of hydrogen-bond acceptors (Lipinski definition) is 2. The van der Waals surface area contributed by atoms with Crippen LogP contribution in [0.4, 0.5) is 0 Å². The normalized spacial score (nSPS) is 22.8. The van der Waals surface area contributed by atoms with Crippen molar-refractivity contribution in [3.05, 3.63) is 89.6 Å². The van der Waals surface area contributed by atoms with Gasteiger partial charge in [0.1, 0.15) is 0 Å². The van der Waals surface area contributed by atoms with Crippen molar-refractivity contribution in [2.75, 3.05) is 13.6 Å². The van der Waals surface area contributed by atoms with Crippen LogP contribution in [0.1, 0.15) is 49.3 Å². The van der Waals surface area contributed by atoms with Crippen LogP contribution in [-0.4, -0.2) is 19.6 Å². The Morgan fingerprint density at radius 3 is 2.71 bits per heavy atom. The van der Waals surface area contributed by atoms with Crippen molar-refractivity contribution in [3.63, 3.8) is 0 Å². The molecule has 1 aromatic rings. The zero-order valence-electron chi connectivity index (χ0n) is 17.4. The number of fused-ring (bicyclic) bond motifs is 2. The molecule has 3 N–H and O–H groups in total. The van der Waals surface area contributed by atoms with Crippen LogP contribution in [0.2, 0.25) is 0 Å². The van der Waals surface area contributed by atoms with Gasteiger partial charge in [-0.25, -0.2) is 0 Å². The Morgan fingerprint density at radius 1 is 1.25 bits per heavy atom. The fourth-order valence-electron chi connectivity index (χ4n) is 5.18. The first-order valence-corrected chi connectivity index (χ1v) is 10.5. The van der Waals surface area contributed by atoms with Gasteiger partial charge in [0.05, 0.1) is 0 Å². The zero-order chi connectivity index (χ0) is 20.0. The maximum atomic E-state index is 5.69. The molecular formula is C26H34N2. The number of nitrogens with two attached hydrogens (primary N) is 1. The van der Waals surface area contributed by atoms with E-state index in [-0.39, 0.29) is 5.41 Å². The van der Waals surface area contributed by atoms with E-state index in [2.05, 4.69) is 68.4 Å². The Morgan fingerprint density at radius 2 is 2.04 bits per heavy atom. The van der Waals surface area contributed by atoms with E-state index >= 15 is 0 Å². The summed E-state index contributed by atoms with van der Waals surface area (Å²) in [5.74, 6) is 0. The third kappa shape index (κ3) is 3.85. The van der Waals surface area contributed by atoms with Crippen LogP contribution in [0.3, 0.4) is 0 Å². The molecule has 0 heterocycles. The Hall–Kier alpha value is -2.16. The minimum Gasteiger partial charge on any atom is -0.327 e. The Labute approximate surface area is 170 Å². The number of benzene rings is 1. The van der Waals surface area contributed by atoms with Gasteiger partial charge in [-0.15, -0.1) is 0 Å². The van der Waals surface area contributed by atoms with Gasteiger partial charge in [0, 0.05) is 18.0 Å². The van der Waals surface area contributed by atoms with Crippen LogP contribution in [0.15, 0.2) is 72.9 Å². The molecule has 148 valence electrons. The molecular weight excluding hydrogens is 340 g/mol. The van der Waals surface area contributed by atoms with Crippen molar-refractivity contribution in [2.45, 2.75) is 50.5 Å². The predicted octanol–water partition coefficient (Wildman–Crippen LogP) is 5.23. The lowest BCUT2D eigenvalue weighted by atomic mass is 9.76. The molecule has 1 atom stereocenters. The molecule has 1 aromatic carbocycles. The Kier molecular flexibility index (Phi) is 6.88. The van der Waals surface area contributed by atoms with Crippen molar-refractivity contribution in [3.8, 4) is 0 Å². The largest absolute Gasteiger partial charge is 0.327 e.